The van der Waals surface area contributed by atoms with Crippen LogP contribution in [0, 0.1) is 0 Å². The zero-order valence-corrected chi connectivity index (χ0v) is 41.6. The number of hydrazine groups is 1. The molecule has 0 atom stereocenters. The van der Waals surface area contributed by atoms with Gasteiger partial charge >= 0.3 is 212 Å². The Hall–Kier alpha value is 0.575. The molecule has 4 aromatic carbocycles. The van der Waals surface area contributed by atoms with Crippen molar-refractivity contribution in [3.05, 3.63) is 77.9 Å². The van der Waals surface area contributed by atoms with Gasteiger partial charge < -0.3 is 55.9 Å². The largest absolute Gasteiger partial charge is 1.00 e. The van der Waals surface area contributed by atoms with Crippen molar-refractivity contribution in [1.82, 2.24) is 15.0 Å². The Morgan fingerprint density at radius 2 is 1.29 bits per heavy atom. The number of para-hydroxylation sites is 2. The molecule has 0 aliphatic heterocycles. The van der Waals surface area contributed by atoms with Crippen LogP contribution in [0.3, 0.4) is 0 Å². The van der Waals surface area contributed by atoms with Crippen molar-refractivity contribution in [2.45, 2.75) is 9.79 Å². The van der Waals surface area contributed by atoms with E-state index >= 15 is 0 Å². The molecular formula is C27H17K4N7O12S2. The molecule has 5 aromatic rings. The number of aromatic nitrogens is 3. The minimum Gasteiger partial charge on any atom is -0.744 e. The number of aromatic hydroxyl groups is 2. The van der Waals surface area contributed by atoms with E-state index in [1.54, 1.807) is 0 Å². The Bertz CT molecular complexity index is 2190. The van der Waals surface area contributed by atoms with E-state index < -0.39 is 44.7 Å². The van der Waals surface area contributed by atoms with Gasteiger partial charge in [-0.3, -0.25) is 10.5 Å². The molecule has 0 spiro atoms. The number of hydrogen-bond acceptors (Lipinski definition) is 20. The maximum absolute atomic E-state index is 12.1. The van der Waals surface area contributed by atoms with Crippen LogP contribution in [0.5, 0.6) is 11.8 Å². The molecule has 6 N–H and O–H groups in total. The third kappa shape index (κ3) is 13.1. The first kappa shape index (κ1) is 50.6. The molecule has 0 bridgehead atoms. The number of carboxylic acid groups (broad SMARTS) is 2. The summed E-state index contributed by atoms with van der Waals surface area (Å²) in [5.74, 6) is -4.60. The molecule has 0 radical (unpaired) electrons. The standard InChI is InChI=1S/C27H21N7O12S2.4K/c35-22-20-12(10-19(47-46-45-41)21(22)34-33-17-8-4-2-6-15(17)24(38)39)9-13(48(42,43)44)11-18(20)29-26-30-25(31-27(40)32-26)28-16-7-3-1-5-14(16)23(36)37;;;;/h1-11,33-35,41H,(H,36,37)(H,38,39)(H,42,43,44)(H3,28,29,30,31,32,40);;;;/q;4*+1/p-4. The molecule has 19 nitrogen and oxygen atoms in total. The summed E-state index contributed by atoms with van der Waals surface area (Å²) in [6.07, 6.45) is 0. The van der Waals surface area contributed by atoms with Crippen LogP contribution in [0.2, 0.25) is 0 Å². The Morgan fingerprint density at radius 3 is 1.85 bits per heavy atom. The van der Waals surface area contributed by atoms with Crippen molar-refractivity contribution < 1.29 is 263 Å². The van der Waals surface area contributed by atoms with E-state index in [0.717, 1.165) is 12.1 Å². The fraction of sp³-hybridized carbons (Fsp3) is 0. The predicted molar refractivity (Wildman–Crippen MR) is 158 cm³/mol. The molecule has 1 aromatic heterocycles. The number of aromatic carboxylic acids is 2. The summed E-state index contributed by atoms with van der Waals surface area (Å²) in [6.45, 7) is 0. The molecule has 248 valence electrons. The van der Waals surface area contributed by atoms with Gasteiger partial charge in [-0.05, 0) is 35.7 Å². The maximum atomic E-state index is 12.1. The van der Waals surface area contributed by atoms with E-state index in [9.17, 15) is 48.2 Å². The van der Waals surface area contributed by atoms with Gasteiger partial charge in [0.1, 0.15) is 15.8 Å². The number of rotatable bonds is 13. The number of anilines is 6. The second-order valence-corrected chi connectivity index (χ2v) is 11.4. The van der Waals surface area contributed by atoms with Crippen LogP contribution in [0.25, 0.3) is 10.8 Å². The van der Waals surface area contributed by atoms with Crippen molar-refractivity contribution in [2.24, 2.45) is 0 Å². The number of benzene rings is 4. The molecule has 0 unspecified atom stereocenters. The maximum Gasteiger partial charge on any atom is 1.00 e. The molecule has 0 aliphatic rings. The summed E-state index contributed by atoms with van der Waals surface area (Å²) in [5, 5.41) is 63.6. The molecule has 5 rings (SSSR count). The number of fused-ring (bicyclic) bond motifs is 1. The van der Waals surface area contributed by atoms with E-state index in [-0.39, 0.29) is 273 Å². The first-order chi connectivity index (χ1) is 22.8. The molecule has 0 saturated carbocycles. The molecule has 25 heteroatoms. The number of phenolic OH excluding ortho intramolecular Hbond substituents is 1. The van der Waals surface area contributed by atoms with Gasteiger partial charge in [-0.1, -0.05) is 36.4 Å². The van der Waals surface area contributed by atoms with Gasteiger partial charge in [-0.15, -0.1) is 0 Å². The minimum atomic E-state index is -5.14. The van der Waals surface area contributed by atoms with Crippen LogP contribution in [0.4, 0.5) is 34.6 Å². The smallest absolute Gasteiger partial charge is 0.744 e. The van der Waals surface area contributed by atoms with Crippen molar-refractivity contribution in [1.29, 1.82) is 0 Å². The fourth-order valence-electron chi connectivity index (χ4n) is 4.34. The van der Waals surface area contributed by atoms with Gasteiger partial charge in [-0.25, -0.2) is 8.42 Å². The van der Waals surface area contributed by atoms with E-state index in [0.29, 0.717) is 0 Å². The van der Waals surface area contributed by atoms with Crippen LogP contribution in [-0.4, -0.2) is 50.1 Å². The summed E-state index contributed by atoms with van der Waals surface area (Å²) in [6, 6.07) is 13.1. The first-order valence-corrected chi connectivity index (χ1v) is 15.1. The quantitative estimate of drug-likeness (QED) is 0.0160. The number of hydrogen-bond donors (Lipinski definition) is 6. The van der Waals surface area contributed by atoms with Gasteiger partial charge in [0.05, 0.1) is 45.1 Å². The van der Waals surface area contributed by atoms with Crippen molar-refractivity contribution in [3.63, 3.8) is 0 Å². The third-order valence-electron chi connectivity index (χ3n) is 6.32. The Labute approximate surface area is 468 Å². The van der Waals surface area contributed by atoms with E-state index in [1.165, 1.54) is 54.6 Å². The molecule has 1 heterocycles. The van der Waals surface area contributed by atoms with Gasteiger partial charge in [0, 0.05) is 22.2 Å². The minimum absolute atomic E-state index is 0. The number of carboxylic acids is 2. The summed E-state index contributed by atoms with van der Waals surface area (Å²) in [4.78, 5) is 33.6. The van der Waals surface area contributed by atoms with Crippen LogP contribution in [0.1, 0.15) is 20.7 Å². The number of nitrogens with one attached hydrogen (secondary N) is 4. The molecule has 52 heavy (non-hydrogen) atoms. The van der Waals surface area contributed by atoms with E-state index in [2.05, 4.69) is 45.8 Å². The zero-order valence-electron chi connectivity index (χ0n) is 27.5. The third-order valence-corrected chi connectivity index (χ3v) is 7.76. The number of nitrogens with zero attached hydrogens (tertiary/aromatic N) is 3. The Balaban J connectivity index is 0.00000338. The normalized spacial score (nSPS) is 10.3. The van der Waals surface area contributed by atoms with Crippen LogP contribution < -0.4 is 242 Å². The number of phenols is 1. The van der Waals surface area contributed by atoms with Gasteiger partial charge in [0.15, 0.2) is 5.75 Å². The average molecular weight is 852 g/mol. The summed E-state index contributed by atoms with van der Waals surface area (Å²) < 4.78 is 40.6. The summed E-state index contributed by atoms with van der Waals surface area (Å²) in [5.41, 5.74) is 4.01. The van der Waals surface area contributed by atoms with Crippen molar-refractivity contribution >= 4 is 79.5 Å². The fourth-order valence-corrected chi connectivity index (χ4v) is 5.38. The van der Waals surface area contributed by atoms with E-state index in [1.807, 2.05) is 0 Å². The topological polar surface area (TPSA) is 306 Å². The molecule has 0 fully saturated rings. The van der Waals surface area contributed by atoms with Crippen LogP contribution in [0.15, 0.2) is 76.5 Å². The first-order valence-electron chi connectivity index (χ1n) is 12.9. The second-order valence-electron chi connectivity index (χ2n) is 9.29. The van der Waals surface area contributed by atoms with Gasteiger partial charge in [-0.2, -0.15) is 19.3 Å². The SMILES string of the molecule is O=C([O-])c1ccccc1NNc1c(SOO[O-])cc2cc(S(=O)(=O)[O-])cc(Nc3nc(O)nc(Nc4ccccc4C(=O)[O-])n3)c2c1O.[K+].[K+].[K+].[K+]. The summed E-state index contributed by atoms with van der Waals surface area (Å²) >= 11 is 0.258. The van der Waals surface area contributed by atoms with Crippen LogP contribution in [-0.2, 0) is 19.5 Å². The zero-order chi connectivity index (χ0) is 34.6. The van der Waals surface area contributed by atoms with Crippen LogP contribution >= 0.6 is 12.0 Å². The molecule has 0 saturated heterocycles. The summed E-state index contributed by atoms with van der Waals surface area (Å²) in [7, 11) is -5.14. The second kappa shape index (κ2) is 23.1. The monoisotopic (exact) mass is 851 g/mol. The number of carbonyl (C=O) groups is 2. The van der Waals surface area contributed by atoms with E-state index in [4.69, 9.17) is 0 Å². The average Bonchev–Trinajstić information content (AvgIpc) is 3.02. The van der Waals surface area contributed by atoms with Gasteiger partial charge in [0.25, 0.3) is 0 Å². The predicted octanol–water partition coefficient (Wildman–Crippen LogP) is -11.8. The van der Waals surface area contributed by atoms with Gasteiger partial charge in [0.2, 0.25) is 11.9 Å². The Kier molecular flexibility index (Phi) is 22.5. The molecular weight excluding hydrogens is 835 g/mol. The number of carbonyl (C=O) groups excluding carboxylic acids is 2. The molecule has 0 amide bonds. The van der Waals surface area contributed by atoms with Crippen molar-refractivity contribution in [3.8, 4) is 11.8 Å². The Morgan fingerprint density at radius 1 is 0.750 bits per heavy atom. The van der Waals surface area contributed by atoms with Crippen molar-refractivity contribution in [2.75, 3.05) is 21.5 Å². The molecule has 0 aliphatic carbocycles.